The Morgan fingerprint density at radius 2 is 1.75 bits per heavy atom. The van der Waals surface area contributed by atoms with Gasteiger partial charge in [0.15, 0.2) is 0 Å². The predicted molar refractivity (Wildman–Crippen MR) is 53.4 cm³/mol. The van der Waals surface area contributed by atoms with Crippen molar-refractivity contribution in [3.63, 3.8) is 0 Å². The third kappa shape index (κ3) is 2.10. The van der Waals surface area contributed by atoms with E-state index in [2.05, 4.69) is 25.9 Å². The van der Waals surface area contributed by atoms with Gasteiger partial charge in [-0.25, -0.2) is 0 Å². The summed E-state index contributed by atoms with van der Waals surface area (Å²) in [6, 6.07) is 0. The van der Waals surface area contributed by atoms with Crippen molar-refractivity contribution in [1.29, 1.82) is 0 Å². The molecule has 1 heterocycles. The predicted octanol–water partition coefficient (Wildman–Crippen LogP) is 2.63. The average molecular weight is 168 g/mol. The summed E-state index contributed by atoms with van der Waals surface area (Å²) >= 11 is 0. The van der Waals surface area contributed by atoms with Crippen molar-refractivity contribution in [3.8, 4) is 0 Å². The molecule has 0 saturated carbocycles. The van der Waals surface area contributed by atoms with Crippen molar-refractivity contribution in [3.05, 3.63) is 17.0 Å². The zero-order valence-electron chi connectivity index (χ0n) is 9.10. The van der Waals surface area contributed by atoms with Crippen LogP contribution in [0.2, 0.25) is 0 Å². The molecule has 0 bridgehead atoms. The first-order valence-corrected chi connectivity index (χ1v) is 4.66. The molecule has 2 heteroatoms. The molecule has 0 amide bonds. The van der Waals surface area contributed by atoms with Crippen LogP contribution in [0.5, 0.6) is 0 Å². The molecule has 0 spiro atoms. The maximum Gasteiger partial charge on any atom is 0.0628 e. The molecule has 1 aromatic rings. The first-order valence-electron chi connectivity index (χ1n) is 4.66. The second-order valence-electron chi connectivity index (χ2n) is 2.63. The highest BCUT2D eigenvalue weighted by Gasteiger charge is 2.05. The highest BCUT2D eigenvalue weighted by molar-refractivity contribution is 5.23. The third-order valence-electron chi connectivity index (χ3n) is 2.01. The largest absolute Gasteiger partial charge is 0.272 e. The van der Waals surface area contributed by atoms with E-state index >= 15 is 0 Å². The van der Waals surface area contributed by atoms with Gasteiger partial charge in [0.2, 0.25) is 0 Å². The molecule has 70 valence electrons. The highest BCUT2D eigenvalue weighted by Crippen LogP contribution is 2.11. The zero-order valence-corrected chi connectivity index (χ0v) is 9.10. The smallest absolute Gasteiger partial charge is 0.0628 e. The maximum absolute atomic E-state index is 4.30. The lowest BCUT2D eigenvalue weighted by atomic mass is 10.1. The summed E-state index contributed by atoms with van der Waals surface area (Å²) in [7, 11) is 1.99. The van der Waals surface area contributed by atoms with Crippen LogP contribution < -0.4 is 0 Å². The monoisotopic (exact) mass is 168 g/mol. The maximum atomic E-state index is 4.30. The topological polar surface area (TPSA) is 17.8 Å². The molecule has 1 rings (SSSR count). The van der Waals surface area contributed by atoms with Gasteiger partial charge in [0.05, 0.1) is 5.69 Å². The lowest BCUT2D eigenvalue weighted by Gasteiger charge is -1.94. The first-order chi connectivity index (χ1) is 5.66. The fourth-order valence-corrected chi connectivity index (χ4v) is 1.33. The van der Waals surface area contributed by atoms with Gasteiger partial charge in [-0.1, -0.05) is 20.8 Å². The Hall–Kier alpha value is -0.790. The molecule has 0 N–H and O–H groups in total. The summed E-state index contributed by atoms with van der Waals surface area (Å²) in [6.45, 7) is 10.3. The van der Waals surface area contributed by atoms with Gasteiger partial charge in [-0.3, -0.25) is 4.68 Å². The number of rotatable bonds is 1. The molecule has 0 fully saturated rings. The van der Waals surface area contributed by atoms with E-state index in [1.54, 1.807) is 0 Å². The molecule has 0 saturated heterocycles. The molecule has 12 heavy (non-hydrogen) atoms. The summed E-state index contributed by atoms with van der Waals surface area (Å²) in [5.74, 6) is 0. The van der Waals surface area contributed by atoms with Gasteiger partial charge in [-0.2, -0.15) is 5.10 Å². The van der Waals surface area contributed by atoms with Crippen molar-refractivity contribution in [2.24, 2.45) is 7.05 Å². The van der Waals surface area contributed by atoms with Gasteiger partial charge in [-0.05, 0) is 25.8 Å². The quantitative estimate of drug-likeness (QED) is 0.630. The molecule has 0 aromatic carbocycles. The van der Waals surface area contributed by atoms with Crippen LogP contribution in [-0.2, 0) is 13.5 Å². The van der Waals surface area contributed by atoms with Crippen LogP contribution in [0.15, 0.2) is 0 Å². The molecule has 0 aliphatic heterocycles. The molecular formula is C10H20N2. The van der Waals surface area contributed by atoms with Crippen molar-refractivity contribution in [2.75, 3.05) is 0 Å². The fourth-order valence-electron chi connectivity index (χ4n) is 1.33. The second-order valence-corrected chi connectivity index (χ2v) is 2.63. The Morgan fingerprint density at radius 1 is 1.25 bits per heavy atom. The number of nitrogens with zero attached hydrogens (tertiary/aromatic N) is 2. The SMILES string of the molecule is CC.CCc1c(C)nn(C)c1C. The van der Waals surface area contributed by atoms with Gasteiger partial charge >= 0.3 is 0 Å². The fraction of sp³-hybridized carbons (Fsp3) is 0.700. The third-order valence-corrected chi connectivity index (χ3v) is 2.01. The molecule has 0 radical (unpaired) electrons. The van der Waals surface area contributed by atoms with Crippen LogP contribution in [0.25, 0.3) is 0 Å². The molecule has 1 aromatic heterocycles. The van der Waals surface area contributed by atoms with Crippen LogP contribution in [0.4, 0.5) is 0 Å². The Kier molecular flexibility index (Phi) is 4.64. The van der Waals surface area contributed by atoms with Crippen molar-refractivity contribution < 1.29 is 0 Å². The van der Waals surface area contributed by atoms with Crippen LogP contribution in [-0.4, -0.2) is 9.78 Å². The molecule has 0 atom stereocenters. The summed E-state index contributed by atoms with van der Waals surface area (Å²) < 4.78 is 1.94. The van der Waals surface area contributed by atoms with Crippen LogP contribution in [0.1, 0.15) is 37.7 Å². The standard InChI is InChI=1S/C8H14N2.C2H6/c1-5-8-6(2)9-10(4)7(8)3;1-2/h5H2,1-4H3;1-2H3. The van der Waals surface area contributed by atoms with E-state index in [4.69, 9.17) is 0 Å². The van der Waals surface area contributed by atoms with Gasteiger partial charge in [0.1, 0.15) is 0 Å². The summed E-state index contributed by atoms with van der Waals surface area (Å²) in [6.07, 6.45) is 1.09. The lowest BCUT2D eigenvalue weighted by Crippen LogP contribution is -1.93. The zero-order chi connectivity index (χ0) is 9.72. The summed E-state index contributed by atoms with van der Waals surface area (Å²) in [4.78, 5) is 0. The average Bonchev–Trinajstić information content (AvgIpc) is 2.31. The van der Waals surface area contributed by atoms with E-state index in [-0.39, 0.29) is 0 Å². The normalized spacial score (nSPS) is 9.17. The van der Waals surface area contributed by atoms with Crippen molar-refractivity contribution in [1.82, 2.24) is 9.78 Å². The van der Waals surface area contributed by atoms with Crippen LogP contribution in [0, 0.1) is 13.8 Å². The minimum absolute atomic E-state index is 1.09. The first kappa shape index (κ1) is 11.2. The van der Waals surface area contributed by atoms with E-state index in [1.165, 1.54) is 17.0 Å². The molecule has 0 unspecified atom stereocenters. The molecule has 2 nitrogen and oxygen atoms in total. The Morgan fingerprint density at radius 3 is 1.92 bits per heavy atom. The Balaban J connectivity index is 0.000000561. The highest BCUT2D eigenvalue weighted by atomic mass is 15.3. The van der Waals surface area contributed by atoms with Crippen molar-refractivity contribution in [2.45, 2.75) is 41.0 Å². The van der Waals surface area contributed by atoms with E-state index in [9.17, 15) is 0 Å². The van der Waals surface area contributed by atoms with E-state index < -0.39 is 0 Å². The van der Waals surface area contributed by atoms with Gasteiger partial charge in [-0.15, -0.1) is 0 Å². The van der Waals surface area contributed by atoms with E-state index in [0.717, 1.165) is 6.42 Å². The molecular weight excluding hydrogens is 148 g/mol. The second kappa shape index (κ2) is 4.96. The number of aryl methyl sites for hydroxylation is 2. The van der Waals surface area contributed by atoms with Crippen LogP contribution >= 0.6 is 0 Å². The van der Waals surface area contributed by atoms with Crippen molar-refractivity contribution >= 4 is 0 Å². The number of hydrogen-bond acceptors (Lipinski definition) is 1. The molecule has 0 aliphatic carbocycles. The molecule has 0 aliphatic rings. The minimum atomic E-state index is 1.09. The lowest BCUT2D eigenvalue weighted by molar-refractivity contribution is 0.730. The van der Waals surface area contributed by atoms with Crippen LogP contribution in [0.3, 0.4) is 0 Å². The number of aromatic nitrogens is 2. The van der Waals surface area contributed by atoms with Gasteiger partial charge in [0, 0.05) is 12.7 Å². The summed E-state index contributed by atoms with van der Waals surface area (Å²) in [5.41, 5.74) is 3.85. The Labute approximate surface area is 75.6 Å². The van der Waals surface area contributed by atoms with E-state index in [0.29, 0.717) is 0 Å². The number of hydrogen-bond donors (Lipinski definition) is 0. The van der Waals surface area contributed by atoms with Gasteiger partial charge < -0.3 is 0 Å². The Bertz CT molecular complexity index is 236. The van der Waals surface area contributed by atoms with E-state index in [1.807, 2.05) is 25.6 Å². The minimum Gasteiger partial charge on any atom is -0.272 e. The van der Waals surface area contributed by atoms with Gasteiger partial charge in [0.25, 0.3) is 0 Å². The summed E-state index contributed by atoms with van der Waals surface area (Å²) in [5, 5.41) is 4.30.